The summed E-state index contributed by atoms with van der Waals surface area (Å²) in [5, 5.41) is 18.1. The highest BCUT2D eigenvalue weighted by molar-refractivity contribution is 6.06. The van der Waals surface area contributed by atoms with Crippen molar-refractivity contribution in [1.29, 1.82) is 5.26 Å². The number of carbonyl (C=O) groups is 1. The van der Waals surface area contributed by atoms with Gasteiger partial charge in [0.15, 0.2) is 23.9 Å². The molecule has 0 saturated carbocycles. The first kappa shape index (κ1) is 16.1. The SMILES string of the molecule is COc1ccc(C=CC(=O)c2ccc(OCC#N)cc2)cc1O. The summed E-state index contributed by atoms with van der Waals surface area (Å²) in [5.41, 5.74) is 1.19. The number of rotatable bonds is 6. The number of nitrogens with zero attached hydrogens (tertiary/aromatic N) is 1. The van der Waals surface area contributed by atoms with Gasteiger partial charge in [0.25, 0.3) is 0 Å². The van der Waals surface area contributed by atoms with E-state index in [0.29, 0.717) is 22.6 Å². The summed E-state index contributed by atoms with van der Waals surface area (Å²) in [6.45, 7) is -0.0336. The van der Waals surface area contributed by atoms with E-state index in [0.717, 1.165) is 0 Å². The van der Waals surface area contributed by atoms with Gasteiger partial charge in [0, 0.05) is 5.56 Å². The minimum atomic E-state index is -0.174. The lowest BCUT2D eigenvalue weighted by atomic mass is 10.1. The number of aromatic hydroxyl groups is 1. The van der Waals surface area contributed by atoms with E-state index in [4.69, 9.17) is 14.7 Å². The molecular weight excluding hydrogens is 294 g/mol. The van der Waals surface area contributed by atoms with E-state index < -0.39 is 0 Å². The Labute approximate surface area is 134 Å². The Balaban J connectivity index is 2.06. The molecule has 0 aliphatic carbocycles. The number of ketones is 1. The Kier molecular flexibility index (Phi) is 5.37. The van der Waals surface area contributed by atoms with Crippen molar-refractivity contribution in [3.05, 3.63) is 59.7 Å². The van der Waals surface area contributed by atoms with Crippen LogP contribution in [0.25, 0.3) is 6.08 Å². The molecule has 0 fully saturated rings. The first-order valence-corrected chi connectivity index (χ1v) is 6.83. The van der Waals surface area contributed by atoms with Crippen LogP contribution in [0.2, 0.25) is 0 Å². The van der Waals surface area contributed by atoms with Gasteiger partial charge < -0.3 is 14.6 Å². The van der Waals surface area contributed by atoms with Gasteiger partial charge in [-0.25, -0.2) is 0 Å². The maximum Gasteiger partial charge on any atom is 0.185 e. The first-order valence-electron chi connectivity index (χ1n) is 6.83. The van der Waals surface area contributed by atoms with E-state index in [9.17, 15) is 9.90 Å². The fraction of sp³-hybridized carbons (Fsp3) is 0.111. The van der Waals surface area contributed by atoms with Crippen molar-refractivity contribution in [3.63, 3.8) is 0 Å². The van der Waals surface area contributed by atoms with Gasteiger partial charge in [-0.3, -0.25) is 4.79 Å². The highest BCUT2D eigenvalue weighted by atomic mass is 16.5. The van der Waals surface area contributed by atoms with Gasteiger partial charge in [-0.2, -0.15) is 5.26 Å². The van der Waals surface area contributed by atoms with Crippen LogP contribution in [0.5, 0.6) is 17.2 Å². The second-order valence-electron chi connectivity index (χ2n) is 4.60. The zero-order valence-corrected chi connectivity index (χ0v) is 12.5. The molecule has 0 radical (unpaired) electrons. The van der Waals surface area contributed by atoms with Crippen LogP contribution in [0.1, 0.15) is 15.9 Å². The van der Waals surface area contributed by atoms with Crippen molar-refractivity contribution in [2.75, 3.05) is 13.7 Å². The smallest absolute Gasteiger partial charge is 0.185 e. The second-order valence-corrected chi connectivity index (χ2v) is 4.60. The molecule has 0 aliphatic heterocycles. The Morgan fingerprint density at radius 2 is 2.00 bits per heavy atom. The van der Waals surface area contributed by atoms with Crippen LogP contribution in [-0.4, -0.2) is 24.6 Å². The zero-order valence-electron chi connectivity index (χ0n) is 12.5. The van der Waals surface area contributed by atoms with E-state index in [1.165, 1.54) is 19.3 Å². The molecule has 2 aromatic carbocycles. The topological polar surface area (TPSA) is 79.5 Å². The quantitative estimate of drug-likeness (QED) is 0.654. The number of hydrogen-bond donors (Lipinski definition) is 1. The summed E-state index contributed by atoms with van der Waals surface area (Å²) in [4.78, 5) is 12.1. The molecule has 2 aromatic rings. The van der Waals surface area contributed by atoms with E-state index in [1.54, 1.807) is 42.5 Å². The van der Waals surface area contributed by atoms with Crippen molar-refractivity contribution in [3.8, 4) is 23.3 Å². The number of ether oxygens (including phenoxy) is 2. The summed E-state index contributed by atoms with van der Waals surface area (Å²) in [6.07, 6.45) is 3.04. The highest BCUT2D eigenvalue weighted by Crippen LogP contribution is 2.26. The standard InChI is InChI=1S/C18H15NO4/c1-22-18-9-3-13(12-17(18)21)2-8-16(20)14-4-6-15(7-5-14)23-11-10-19/h2-9,12,21H,11H2,1H3. The van der Waals surface area contributed by atoms with Crippen LogP contribution in [0.4, 0.5) is 0 Å². The third kappa shape index (κ3) is 4.35. The highest BCUT2D eigenvalue weighted by Gasteiger charge is 2.04. The van der Waals surface area contributed by atoms with Gasteiger partial charge in [-0.1, -0.05) is 12.1 Å². The minimum absolute atomic E-state index is 0.0149. The molecule has 0 amide bonds. The third-order valence-corrected chi connectivity index (χ3v) is 3.07. The molecule has 1 N–H and O–H groups in total. The average molecular weight is 309 g/mol. The van der Waals surface area contributed by atoms with E-state index in [2.05, 4.69) is 0 Å². The summed E-state index contributed by atoms with van der Waals surface area (Å²) >= 11 is 0. The molecule has 0 bridgehead atoms. The first-order chi connectivity index (χ1) is 11.1. The number of nitriles is 1. The van der Waals surface area contributed by atoms with Crippen molar-refractivity contribution in [2.24, 2.45) is 0 Å². The number of carbonyl (C=O) groups excluding carboxylic acids is 1. The van der Waals surface area contributed by atoms with Crippen LogP contribution >= 0.6 is 0 Å². The monoisotopic (exact) mass is 309 g/mol. The Hall–Kier alpha value is -3.26. The summed E-state index contributed by atoms with van der Waals surface area (Å²) in [6, 6.07) is 13.3. The van der Waals surface area contributed by atoms with Crippen molar-refractivity contribution < 1.29 is 19.4 Å². The number of hydrogen-bond acceptors (Lipinski definition) is 5. The molecule has 0 aromatic heterocycles. The van der Waals surface area contributed by atoms with Gasteiger partial charge in [0.1, 0.15) is 11.8 Å². The molecule has 116 valence electrons. The largest absolute Gasteiger partial charge is 0.504 e. The van der Waals surface area contributed by atoms with Crippen molar-refractivity contribution in [2.45, 2.75) is 0 Å². The molecule has 0 spiro atoms. The lowest BCUT2D eigenvalue weighted by molar-refractivity contribution is 0.104. The second kappa shape index (κ2) is 7.66. The Morgan fingerprint density at radius 3 is 2.61 bits per heavy atom. The minimum Gasteiger partial charge on any atom is -0.504 e. The maximum atomic E-state index is 12.1. The van der Waals surface area contributed by atoms with Gasteiger partial charge in [-0.15, -0.1) is 0 Å². The molecule has 2 rings (SSSR count). The van der Waals surface area contributed by atoms with Crippen LogP contribution in [0.15, 0.2) is 48.5 Å². The van der Waals surface area contributed by atoms with Crippen LogP contribution in [-0.2, 0) is 0 Å². The fourth-order valence-corrected chi connectivity index (χ4v) is 1.91. The zero-order chi connectivity index (χ0) is 16.7. The lowest BCUT2D eigenvalue weighted by Crippen LogP contribution is -1.96. The maximum absolute atomic E-state index is 12.1. The molecule has 5 heteroatoms. The lowest BCUT2D eigenvalue weighted by Gasteiger charge is -2.03. The molecule has 0 atom stereocenters. The van der Waals surface area contributed by atoms with E-state index in [1.807, 2.05) is 6.07 Å². The molecule has 23 heavy (non-hydrogen) atoms. The van der Waals surface area contributed by atoms with Crippen molar-refractivity contribution in [1.82, 2.24) is 0 Å². The van der Waals surface area contributed by atoms with Gasteiger partial charge >= 0.3 is 0 Å². The van der Waals surface area contributed by atoms with Crippen LogP contribution < -0.4 is 9.47 Å². The van der Waals surface area contributed by atoms with Gasteiger partial charge in [0.2, 0.25) is 0 Å². The predicted molar refractivity (Wildman–Crippen MR) is 85.6 cm³/mol. The Bertz CT molecular complexity index is 758. The Morgan fingerprint density at radius 1 is 1.26 bits per heavy atom. The summed E-state index contributed by atoms with van der Waals surface area (Å²) in [5.74, 6) is 0.752. The molecule has 0 saturated heterocycles. The van der Waals surface area contributed by atoms with Gasteiger partial charge in [-0.05, 0) is 48.0 Å². The number of benzene rings is 2. The van der Waals surface area contributed by atoms with E-state index in [-0.39, 0.29) is 18.1 Å². The number of phenols is 1. The average Bonchev–Trinajstić information content (AvgIpc) is 2.58. The molecule has 0 heterocycles. The number of phenolic OH excluding ortho intramolecular Hbond substituents is 1. The molecule has 0 aliphatic rings. The van der Waals surface area contributed by atoms with Crippen LogP contribution in [0.3, 0.4) is 0 Å². The molecular formula is C18H15NO4. The summed E-state index contributed by atoms with van der Waals surface area (Å²) < 4.78 is 10.1. The number of methoxy groups -OCH3 is 1. The molecule has 5 nitrogen and oxygen atoms in total. The van der Waals surface area contributed by atoms with Crippen LogP contribution in [0, 0.1) is 11.3 Å². The predicted octanol–water partition coefficient (Wildman–Crippen LogP) is 3.20. The normalized spacial score (nSPS) is 10.3. The van der Waals surface area contributed by atoms with Crippen molar-refractivity contribution >= 4 is 11.9 Å². The molecule has 0 unspecified atom stereocenters. The number of allylic oxidation sites excluding steroid dienone is 1. The fourth-order valence-electron chi connectivity index (χ4n) is 1.91. The third-order valence-electron chi connectivity index (χ3n) is 3.07. The van der Waals surface area contributed by atoms with Gasteiger partial charge in [0.05, 0.1) is 7.11 Å². The summed E-state index contributed by atoms with van der Waals surface area (Å²) in [7, 11) is 1.47. The van der Waals surface area contributed by atoms with E-state index >= 15 is 0 Å².